The van der Waals surface area contributed by atoms with Crippen LogP contribution in [-0.4, -0.2) is 39.8 Å². The number of phenolic OH excluding ortho intramolecular Hbond substituents is 1. The van der Waals surface area contributed by atoms with E-state index in [1.165, 1.54) is 6.08 Å². The second-order valence-corrected chi connectivity index (χ2v) is 6.08. The maximum Gasteiger partial charge on any atom is 0.303 e. The van der Waals surface area contributed by atoms with Crippen LogP contribution < -0.4 is 5.32 Å². The van der Waals surface area contributed by atoms with Crippen molar-refractivity contribution in [2.45, 2.75) is 32.7 Å². The van der Waals surface area contributed by atoms with E-state index in [1.807, 2.05) is 0 Å². The Morgan fingerprint density at radius 2 is 1.84 bits per heavy atom. The van der Waals surface area contributed by atoms with Crippen molar-refractivity contribution in [3.05, 3.63) is 53.6 Å². The first-order valence-electron chi connectivity index (χ1n) is 8.07. The van der Waals surface area contributed by atoms with E-state index in [-0.39, 0.29) is 30.6 Å². The van der Waals surface area contributed by atoms with Crippen molar-refractivity contribution < 1.29 is 24.9 Å². The molecule has 0 aliphatic heterocycles. The number of aliphatic carboxylic acids is 1. The molecule has 0 bridgehead atoms. The molecule has 0 aliphatic carbocycles. The third-order valence-corrected chi connectivity index (χ3v) is 3.53. The van der Waals surface area contributed by atoms with Crippen LogP contribution in [0.3, 0.4) is 0 Å². The fraction of sp³-hybridized carbons (Fsp3) is 0.368. The lowest BCUT2D eigenvalue weighted by molar-refractivity contribution is -0.137. The molecule has 136 valence electrons. The molecule has 0 aromatic heterocycles. The molecule has 0 aliphatic rings. The predicted octanol–water partition coefficient (Wildman–Crippen LogP) is 2.03. The molecule has 4 N–H and O–H groups in total. The van der Waals surface area contributed by atoms with Crippen LogP contribution in [-0.2, 0) is 16.0 Å². The fourth-order valence-corrected chi connectivity index (χ4v) is 2.37. The van der Waals surface area contributed by atoms with E-state index in [0.717, 1.165) is 11.1 Å². The third kappa shape index (κ3) is 8.72. The Morgan fingerprint density at radius 3 is 2.40 bits per heavy atom. The van der Waals surface area contributed by atoms with Crippen molar-refractivity contribution in [2.75, 3.05) is 6.61 Å². The number of nitrogens with one attached hydrogen (secondary N) is 1. The topological polar surface area (TPSA) is 107 Å². The second-order valence-electron chi connectivity index (χ2n) is 6.08. The number of hydrogen-bond acceptors (Lipinski definition) is 4. The summed E-state index contributed by atoms with van der Waals surface area (Å²) in [6, 6.07) is 6.14. The van der Waals surface area contributed by atoms with Crippen LogP contribution in [0.2, 0.25) is 0 Å². The van der Waals surface area contributed by atoms with Crippen molar-refractivity contribution in [1.82, 2.24) is 5.32 Å². The minimum atomic E-state index is -0.863. The van der Waals surface area contributed by atoms with E-state index < -0.39 is 12.0 Å². The van der Waals surface area contributed by atoms with E-state index in [0.29, 0.717) is 6.42 Å². The summed E-state index contributed by atoms with van der Waals surface area (Å²) in [5, 5.41) is 30.1. The zero-order chi connectivity index (χ0) is 18.8. The number of aromatic hydroxyl groups is 1. The van der Waals surface area contributed by atoms with E-state index in [2.05, 4.69) is 5.32 Å². The van der Waals surface area contributed by atoms with Crippen LogP contribution in [0, 0.1) is 5.92 Å². The molecule has 0 saturated heterocycles. The van der Waals surface area contributed by atoms with Gasteiger partial charge in [-0.05, 0) is 37.0 Å². The van der Waals surface area contributed by atoms with E-state index in [9.17, 15) is 19.8 Å². The highest BCUT2D eigenvalue weighted by Gasteiger charge is 2.10. The predicted molar refractivity (Wildman–Crippen MR) is 95.1 cm³/mol. The summed E-state index contributed by atoms with van der Waals surface area (Å²) < 4.78 is 0. The Morgan fingerprint density at radius 1 is 1.20 bits per heavy atom. The average molecular weight is 347 g/mol. The Hall–Kier alpha value is -2.60. The van der Waals surface area contributed by atoms with Gasteiger partial charge in [-0.25, -0.2) is 0 Å². The number of amides is 1. The molecule has 2 unspecified atom stereocenters. The normalized spacial score (nSPS) is 14.3. The van der Waals surface area contributed by atoms with E-state index in [4.69, 9.17) is 5.11 Å². The molecule has 1 aromatic carbocycles. The number of carboxylic acids is 1. The molecule has 6 heteroatoms. The number of carbonyl (C=O) groups is 2. The quantitative estimate of drug-likeness (QED) is 0.404. The highest BCUT2D eigenvalue weighted by molar-refractivity contribution is 5.88. The van der Waals surface area contributed by atoms with Crippen molar-refractivity contribution in [3.8, 4) is 5.75 Å². The molecule has 1 rings (SSSR count). The van der Waals surface area contributed by atoms with Gasteiger partial charge in [-0.3, -0.25) is 9.59 Å². The lowest BCUT2D eigenvalue weighted by Gasteiger charge is -2.15. The number of carboxylic acid groups (broad SMARTS) is 1. The third-order valence-electron chi connectivity index (χ3n) is 3.53. The molecule has 6 nitrogen and oxygen atoms in total. The van der Waals surface area contributed by atoms with Gasteiger partial charge in [0.15, 0.2) is 0 Å². The van der Waals surface area contributed by atoms with E-state index in [1.54, 1.807) is 50.3 Å². The van der Waals surface area contributed by atoms with Crippen LogP contribution in [0.25, 0.3) is 0 Å². The maximum absolute atomic E-state index is 12.0. The summed E-state index contributed by atoms with van der Waals surface area (Å²) >= 11 is 0. The first-order chi connectivity index (χ1) is 11.8. The Bertz CT molecular complexity index is 634. The minimum absolute atomic E-state index is 0.0383. The molecular formula is C19H25NO5. The summed E-state index contributed by atoms with van der Waals surface area (Å²) in [5.41, 5.74) is 1.68. The second kappa shape index (κ2) is 10.3. The number of allylic oxidation sites excluding steroid dienone is 3. The molecule has 1 amide bonds. The Balaban J connectivity index is 2.56. The summed E-state index contributed by atoms with van der Waals surface area (Å²) in [6.07, 6.45) is 5.25. The monoisotopic (exact) mass is 347 g/mol. The molecular weight excluding hydrogens is 322 g/mol. The molecule has 1 aromatic rings. The van der Waals surface area contributed by atoms with Gasteiger partial charge in [-0.2, -0.15) is 0 Å². The van der Waals surface area contributed by atoms with Gasteiger partial charge in [0.2, 0.25) is 5.91 Å². The Labute approximate surface area is 147 Å². The SMILES string of the molecule is CC(C=CC(=O)NC(CO)Cc1ccc(O)cc1)=CC(C)CC(=O)O. The standard InChI is InChI=1S/C19H25NO5/c1-13(9-14(2)10-19(24)25)3-8-18(23)20-16(12-21)11-15-4-6-17(22)7-5-15/h3-9,14,16,21-22H,10-12H2,1-2H3,(H,20,23)(H,24,25). The number of rotatable bonds is 9. The molecule has 0 saturated carbocycles. The van der Waals surface area contributed by atoms with Crippen LogP contribution in [0.5, 0.6) is 5.75 Å². The minimum Gasteiger partial charge on any atom is -0.508 e. The largest absolute Gasteiger partial charge is 0.508 e. The molecule has 0 fully saturated rings. The molecule has 25 heavy (non-hydrogen) atoms. The van der Waals surface area contributed by atoms with Gasteiger partial charge < -0.3 is 20.6 Å². The number of aliphatic hydroxyl groups is 1. The van der Waals surface area contributed by atoms with Gasteiger partial charge in [-0.15, -0.1) is 0 Å². The number of aliphatic hydroxyl groups excluding tert-OH is 1. The number of phenols is 1. The van der Waals surface area contributed by atoms with Crippen LogP contribution in [0.15, 0.2) is 48.1 Å². The van der Waals surface area contributed by atoms with E-state index >= 15 is 0 Å². The number of carbonyl (C=O) groups excluding carboxylic acids is 1. The van der Waals surface area contributed by atoms with Gasteiger partial charge >= 0.3 is 5.97 Å². The van der Waals surface area contributed by atoms with Gasteiger partial charge in [-0.1, -0.05) is 36.8 Å². The van der Waals surface area contributed by atoms with Crippen molar-refractivity contribution in [2.24, 2.45) is 5.92 Å². The van der Waals surface area contributed by atoms with Crippen molar-refractivity contribution >= 4 is 11.9 Å². The number of hydrogen-bond donors (Lipinski definition) is 4. The molecule has 0 heterocycles. The summed E-state index contributed by atoms with van der Waals surface area (Å²) in [7, 11) is 0. The summed E-state index contributed by atoms with van der Waals surface area (Å²) in [5.74, 6) is -1.16. The van der Waals surface area contributed by atoms with Gasteiger partial charge in [0.25, 0.3) is 0 Å². The van der Waals surface area contributed by atoms with Gasteiger partial charge in [0.1, 0.15) is 5.75 Å². The first kappa shape index (κ1) is 20.4. The van der Waals surface area contributed by atoms with Crippen molar-refractivity contribution in [1.29, 1.82) is 0 Å². The average Bonchev–Trinajstić information content (AvgIpc) is 2.53. The zero-order valence-electron chi connectivity index (χ0n) is 14.5. The van der Waals surface area contributed by atoms with Crippen molar-refractivity contribution in [3.63, 3.8) is 0 Å². The van der Waals surface area contributed by atoms with Gasteiger partial charge in [0, 0.05) is 6.08 Å². The maximum atomic E-state index is 12.0. The molecule has 0 spiro atoms. The molecule has 0 radical (unpaired) electrons. The summed E-state index contributed by atoms with van der Waals surface area (Å²) in [4.78, 5) is 22.6. The fourth-order valence-electron chi connectivity index (χ4n) is 2.37. The highest BCUT2D eigenvalue weighted by atomic mass is 16.4. The lowest BCUT2D eigenvalue weighted by atomic mass is 10.0. The van der Waals surface area contributed by atoms with Crippen LogP contribution >= 0.6 is 0 Å². The number of benzene rings is 1. The smallest absolute Gasteiger partial charge is 0.303 e. The first-order valence-corrected chi connectivity index (χ1v) is 8.07. The van der Waals surface area contributed by atoms with Crippen LogP contribution in [0.4, 0.5) is 0 Å². The van der Waals surface area contributed by atoms with Crippen LogP contribution in [0.1, 0.15) is 25.8 Å². The molecule has 2 atom stereocenters. The zero-order valence-corrected chi connectivity index (χ0v) is 14.5. The highest BCUT2D eigenvalue weighted by Crippen LogP contribution is 2.11. The van der Waals surface area contributed by atoms with Gasteiger partial charge in [0.05, 0.1) is 19.1 Å². The Kier molecular flexibility index (Phi) is 8.43. The lowest BCUT2D eigenvalue weighted by Crippen LogP contribution is -2.38. The summed E-state index contributed by atoms with van der Waals surface area (Å²) in [6.45, 7) is 3.39.